The SMILES string of the molecule is CC(=O)Nc1ccc(S(=O)(=O)N(C)CC(=O)N[C@H](C)c2cccs2)cc1. The van der Waals surface area contributed by atoms with Crippen LogP contribution in [-0.4, -0.2) is 38.1 Å². The maximum absolute atomic E-state index is 12.6. The van der Waals surface area contributed by atoms with E-state index < -0.39 is 10.0 Å². The molecule has 0 spiro atoms. The highest BCUT2D eigenvalue weighted by Crippen LogP contribution is 2.19. The summed E-state index contributed by atoms with van der Waals surface area (Å²) in [7, 11) is -2.45. The number of amides is 2. The van der Waals surface area contributed by atoms with Gasteiger partial charge in [-0.1, -0.05) is 6.07 Å². The molecule has 2 N–H and O–H groups in total. The fraction of sp³-hybridized carbons (Fsp3) is 0.294. The second kappa shape index (κ2) is 8.43. The van der Waals surface area contributed by atoms with Crippen LogP contribution in [0.1, 0.15) is 24.8 Å². The Morgan fingerprint density at radius 2 is 1.85 bits per heavy atom. The van der Waals surface area contributed by atoms with Crippen molar-refractivity contribution in [2.75, 3.05) is 18.9 Å². The molecule has 0 saturated heterocycles. The number of nitrogens with one attached hydrogen (secondary N) is 2. The van der Waals surface area contributed by atoms with Crippen molar-refractivity contribution < 1.29 is 18.0 Å². The molecule has 0 unspecified atom stereocenters. The topological polar surface area (TPSA) is 95.6 Å². The Hall–Kier alpha value is -2.23. The molecule has 9 heteroatoms. The number of anilines is 1. The molecule has 0 radical (unpaired) electrons. The van der Waals surface area contributed by atoms with Crippen molar-refractivity contribution in [2.24, 2.45) is 0 Å². The van der Waals surface area contributed by atoms with Gasteiger partial charge in [0.25, 0.3) is 0 Å². The minimum absolute atomic E-state index is 0.0493. The van der Waals surface area contributed by atoms with Gasteiger partial charge in [-0.15, -0.1) is 11.3 Å². The number of hydrogen-bond acceptors (Lipinski definition) is 5. The van der Waals surface area contributed by atoms with E-state index >= 15 is 0 Å². The summed E-state index contributed by atoms with van der Waals surface area (Å²) in [6.07, 6.45) is 0. The molecule has 26 heavy (non-hydrogen) atoms. The Morgan fingerprint density at radius 1 is 1.19 bits per heavy atom. The molecule has 1 aromatic heterocycles. The molecule has 2 rings (SSSR count). The molecular weight excluding hydrogens is 374 g/mol. The first-order chi connectivity index (χ1) is 12.2. The first-order valence-corrected chi connectivity index (χ1v) is 10.2. The van der Waals surface area contributed by atoms with E-state index in [9.17, 15) is 18.0 Å². The van der Waals surface area contributed by atoms with Crippen LogP contribution in [0.3, 0.4) is 0 Å². The van der Waals surface area contributed by atoms with Gasteiger partial charge in [-0.2, -0.15) is 4.31 Å². The lowest BCUT2D eigenvalue weighted by Crippen LogP contribution is -2.39. The van der Waals surface area contributed by atoms with Crippen LogP contribution in [0.2, 0.25) is 0 Å². The molecule has 0 bridgehead atoms. The van der Waals surface area contributed by atoms with Gasteiger partial charge in [-0.05, 0) is 42.6 Å². The van der Waals surface area contributed by atoms with Crippen LogP contribution < -0.4 is 10.6 Å². The molecule has 0 aliphatic rings. The highest BCUT2D eigenvalue weighted by molar-refractivity contribution is 7.89. The molecule has 1 heterocycles. The third-order valence-corrected chi connectivity index (χ3v) is 6.47. The van der Waals surface area contributed by atoms with Crippen molar-refractivity contribution in [3.63, 3.8) is 0 Å². The first-order valence-electron chi connectivity index (χ1n) is 7.87. The van der Waals surface area contributed by atoms with Crippen molar-refractivity contribution in [3.8, 4) is 0 Å². The van der Waals surface area contributed by atoms with Gasteiger partial charge in [0.15, 0.2) is 0 Å². The Morgan fingerprint density at radius 3 is 2.38 bits per heavy atom. The quantitative estimate of drug-likeness (QED) is 0.751. The van der Waals surface area contributed by atoms with Crippen LogP contribution >= 0.6 is 11.3 Å². The maximum Gasteiger partial charge on any atom is 0.243 e. The minimum Gasteiger partial charge on any atom is -0.348 e. The van der Waals surface area contributed by atoms with E-state index in [4.69, 9.17) is 0 Å². The van der Waals surface area contributed by atoms with Crippen molar-refractivity contribution in [3.05, 3.63) is 46.7 Å². The Kier molecular flexibility index (Phi) is 6.52. The molecule has 0 saturated carbocycles. The number of carbonyl (C=O) groups is 2. The monoisotopic (exact) mass is 395 g/mol. The predicted molar refractivity (Wildman–Crippen MR) is 101 cm³/mol. The number of benzene rings is 1. The van der Waals surface area contributed by atoms with E-state index in [2.05, 4.69) is 10.6 Å². The predicted octanol–water partition coefficient (Wildman–Crippen LogP) is 2.20. The van der Waals surface area contributed by atoms with Crippen molar-refractivity contribution in [2.45, 2.75) is 24.8 Å². The summed E-state index contributed by atoms with van der Waals surface area (Å²) in [5, 5.41) is 7.27. The van der Waals surface area contributed by atoms with Crippen LogP contribution in [0.4, 0.5) is 5.69 Å². The summed E-state index contributed by atoms with van der Waals surface area (Å²) in [6.45, 7) is 2.93. The van der Waals surface area contributed by atoms with E-state index in [1.165, 1.54) is 49.6 Å². The molecule has 140 valence electrons. The second-order valence-corrected chi connectivity index (χ2v) is 8.80. The molecule has 0 fully saturated rings. The summed E-state index contributed by atoms with van der Waals surface area (Å²) in [5.74, 6) is -0.624. The molecule has 7 nitrogen and oxygen atoms in total. The summed E-state index contributed by atoms with van der Waals surface area (Å²) in [6, 6.07) is 9.40. The normalized spacial score (nSPS) is 12.6. The van der Waals surface area contributed by atoms with Crippen LogP contribution in [0.15, 0.2) is 46.7 Å². The van der Waals surface area contributed by atoms with Crippen molar-refractivity contribution in [1.29, 1.82) is 0 Å². The molecule has 1 atom stereocenters. The largest absolute Gasteiger partial charge is 0.348 e. The maximum atomic E-state index is 12.6. The average Bonchev–Trinajstić information content (AvgIpc) is 3.09. The van der Waals surface area contributed by atoms with Crippen LogP contribution in [-0.2, 0) is 19.6 Å². The highest BCUT2D eigenvalue weighted by Gasteiger charge is 2.23. The fourth-order valence-corrected chi connectivity index (χ4v) is 4.14. The zero-order chi connectivity index (χ0) is 19.3. The van der Waals surface area contributed by atoms with E-state index in [-0.39, 0.29) is 29.3 Å². The van der Waals surface area contributed by atoms with Crippen LogP contribution in [0.5, 0.6) is 0 Å². The van der Waals surface area contributed by atoms with E-state index in [0.717, 1.165) is 9.18 Å². The summed E-state index contributed by atoms with van der Waals surface area (Å²) in [5.41, 5.74) is 0.501. The smallest absolute Gasteiger partial charge is 0.243 e. The summed E-state index contributed by atoms with van der Waals surface area (Å²) >= 11 is 1.52. The van der Waals surface area contributed by atoms with Gasteiger partial charge in [0.2, 0.25) is 21.8 Å². The van der Waals surface area contributed by atoms with Crippen LogP contribution in [0.25, 0.3) is 0 Å². The summed E-state index contributed by atoms with van der Waals surface area (Å²) < 4.78 is 26.1. The fourth-order valence-electron chi connectivity index (χ4n) is 2.28. The molecule has 2 aromatic rings. The van der Waals surface area contributed by atoms with Gasteiger partial charge in [-0.25, -0.2) is 8.42 Å². The number of likely N-dealkylation sites (N-methyl/N-ethyl adjacent to an activating group) is 1. The molecule has 1 aromatic carbocycles. The lowest BCUT2D eigenvalue weighted by Gasteiger charge is -2.19. The first kappa shape index (κ1) is 20.1. The van der Waals surface area contributed by atoms with Gasteiger partial charge in [-0.3, -0.25) is 9.59 Å². The molecule has 2 amide bonds. The Labute approximate surface area is 157 Å². The Bertz CT molecular complexity index is 862. The van der Waals surface area contributed by atoms with Gasteiger partial charge >= 0.3 is 0 Å². The highest BCUT2D eigenvalue weighted by atomic mass is 32.2. The average molecular weight is 396 g/mol. The standard InChI is InChI=1S/C17H21N3O4S2/c1-12(16-5-4-10-25-16)18-17(22)11-20(3)26(23,24)15-8-6-14(7-9-15)19-13(2)21/h4-10,12H,11H2,1-3H3,(H,18,22)(H,19,21)/t12-/m1/s1. The minimum atomic E-state index is -3.81. The van der Waals surface area contributed by atoms with Gasteiger partial charge in [0.05, 0.1) is 17.5 Å². The number of rotatable bonds is 7. The van der Waals surface area contributed by atoms with Gasteiger partial charge in [0, 0.05) is 24.5 Å². The number of nitrogens with zero attached hydrogens (tertiary/aromatic N) is 1. The molecular formula is C17H21N3O4S2. The van der Waals surface area contributed by atoms with Gasteiger partial charge < -0.3 is 10.6 Å². The van der Waals surface area contributed by atoms with E-state index in [1.54, 1.807) is 0 Å². The number of hydrogen-bond donors (Lipinski definition) is 2. The van der Waals surface area contributed by atoms with E-state index in [0.29, 0.717) is 5.69 Å². The lowest BCUT2D eigenvalue weighted by molar-refractivity contribution is -0.121. The van der Waals surface area contributed by atoms with Crippen molar-refractivity contribution >= 4 is 38.9 Å². The Balaban J connectivity index is 2.01. The van der Waals surface area contributed by atoms with Crippen molar-refractivity contribution in [1.82, 2.24) is 9.62 Å². The lowest BCUT2D eigenvalue weighted by atomic mass is 10.3. The molecule has 0 aliphatic carbocycles. The molecule has 0 aliphatic heterocycles. The number of sulfonamides is 1. The van der Waals surface area contributed by atoms with E-state index in [1.807, 2.05) is 24.4 Å². The second-order valence-electron chi connectivity index (χ2n) is 5.77. The summed E-state index contributed by atoms with van der Waals surface area (Å²) in [4.78, 5) is 24.2. The zero-order valence-electron chi connectivity index (χ0n) is 14.7. The third-order valence-electron chi connectivity index (χ3n) is 3.60. The van der Waals surface area contributed by atoms with Crippen LogP contribution in [0, 0.1) is 0 Å². The number of thiophene rings is 1. The van der Waals surface area contributed by atoms with Gasteiger partial charge in [0.1, 0.15) is 0 Å². The third kappa shape index (κ3) is 5.13. The number of carbonyl (C=O) groups excluding carboxylic acids is 2. The zero-order valence-corrected chi connectivity index (χ0v) is 16.4.